The van der Waals surface area contributed by atoms with Crippen molar-refractivity contribution in [3.63, 3.8) is 0 Å². The van der Waals surface area contributed by atoms with Gasteiger partial charge < -0.3 is 20.4 Å². The molecule has 0 aliphatic carbocycles. The van der Waals surface area contributed by atoms with Crippen LogP contribution in [0.15, 0.2) is 28.7 Å². The van der Waals surface area contributed by atoms with Crippen LogP contribution >= 0.6 is 0 Å². The van der Waals surface area contributed by atoms with Crippen molar-refractivity contribution in [2.24, 2.45) is 5.73 Å². The van der Waals surface area contributed by atoms with E-state index in [1.807, 2.05) is 50.2 Å². The van der Waals surface area contributed by atoms with Crippen LogP contribution in [0, 0.1) is 0 Å². The Morgan fingerprint density at radius 2 is 2.10 bits per heavy atom. The van der Waals surface area contributed by atoms with Crippen LogP contribution in [-0.4, -0.2) is 37.5 Å². The van der Waals surface area contributed by atoms with Gasteiger partial charge in [-0.15, -0.1) is 0 Å². The van der Waals surface area contributed by atoms with Gasteiger partial charge in [-0.25, -0.2) is 0 Å². The highest BCUT2D eigenvalue weighted by molar-refractivity contribution is 5.99. The minimum absolute atomic E-state index is 0.0715. The van der Waals surface area contributed by atoms with Gasteiger partial charge in [-0.05, 0) is 33.5 Å². The van der Waals surface area contributed by atoms with Gasteiger partial charge >= 0.3 is 0 Å². The molecule has 0 radical (unpaired) electrons. The second kappa shape index (κ2) is 6.74. The number of rotatable bonds is 6. The van der Waals surface area contributed by atoms with Gasteiger partial charge in [-0.2, -0.15) is 0 Å². The number of carbonyl (C=O) groups is 1. The molecule has 2 aromatic rings. The standard InChI is InChI=1S/C16H23N3O2/c1-11(17)8-9-18-16(20)15-13(10-19(2)3)12-6-4-5-7-14(12)21-15/h4-7,11H,8-10,17H2,1-3H3,(H,18,20). The van der Waals surface area contributed by atoms with Crippen LogP contribution in [0.1, 0.15) is 29.5 Å². The van der Waals surface area contributed by atoms with E-state index in [1.54, 1.807) is 0 Å². The van der Waals surface area contributed by atoms with Crippen molar-refractivity contribution in [2.75, 3.05) is 20.6 Å². The Morgan fingerprint density at radius 1 is 1.38 bits per heavy atom. The lowest BCUT2D eigenvalue weighted by molar-refractivity contribution is 0.0925. The van der Waals surface area contributed by atoms with Gasteiger partial charge in [0, 0.05) is 30.1 Å². The quantitative estimate of drug-likeness (QED) is 0.853. The fraction of sp³-hybridized carbons (Fsp3) is 0.438. The average molecular weight is 289 g/mol. The first-order chi connectivity index (χ1) is 9.99. The summed E-state index contributed by atoms with van der Waals surface area (Å²) in [5.74, 6) is 0.221. The van der Waals surface area contributed by atoms with Crippen LogP contribution in [0.3, 0.4) is 0 Å². The number of nitrogens with one attached hydrogen (secondary N) is 1. The molecule has 0 spiro atoms. The number of amides is 1. The van der Waals surface area contributed by atoms with Crippen LogP contribution < -0.4 is 11.1 Å². The summed E-state index contributed by atoms with van der Waals surface area (Å²) in [4.78, 5) is 14.4. The van der Waals surface area contributed by atoms with Crippen LogP contribution in [0.4, 0.5) is 0 Å². The summed E-state index contributed by atoms with van der Waals surface area (Å²) >= 11 is 0. The SMILES string of the molecule is CC(N)CCNC(=O)c1oc2ccccc2c1CN(C)C. The predicted octanol–water partition coefficient (Wildman–Crippen LogP) is 1.96. The highest BCUT2D eigenvalue weighted by atomic mass is 16.3. The van der Waals surface area contributed by atoms with Crippen molar-refractivity contribution in [1.29, 1.82) is 0 Å². The lowest BCUT2D eigenvalue weighted by atomic mass is 10.1. The highest BCUT2D eigenvalue weighted by Crippen LogP contribution is 2.26. The average Bonchev–Trinajstić information content (AvgIpc) is 2.77. The minimum Gasteiger partial charge on any atom is -0.451 e. The van der Waals surface area contributed by atoms with E-state index >= 15 is 0 Å². The molecule has 0 bridgehead atoms. The zero-order valence-electron chi connectivity index (χ0n) is 12.8. The highest BCUT2D eigenvalue weighted by Gasteiger charge is 2.20. The maximum atomic E-state index is 12.3. The van der Waals surface area contributed by atoms with E-state index in [4.69, 9.17) is 10.2 Å². The molecule has 0 aliphatic rings. The van der Waals surface area contributed by atoms with Crippen molar-refractivity contribution >= 4 is 16.9 Å². The Kier molecular flexibility index (Phi) is 4.98. The van der Waals surface area contributed by atoms with E-state index in [2.05, 4.69) is 5.32 Å². The summed E-state index contributed by atoms with van der Waals surface area (Å²) in [6, 6.07) is 7.80. The van der Waals surface area contributed by atoms with Crippen molar-refractivity contribution in [3.05, 3.63) is 35.6 Å². The maximum Gasteiger partial charge on any atom is 0.287 e. The molecule has 1 atom stereocenters. The Balaban J connectivity index is 2.26. The number of benzene rings is 1. The Morgan fingerprint density at radius 3 is 2.76 bits per heavy atom. The van der Waals surface area contributed by atoms with Gasteiger partial charge in [0.1, 0.15) is 5.58 Å². The van der Waals surface area contributed by atoms with Gasteiger partial charge in [0.05, 0.1) is 0 Å². The number of nitrogens with zero attached hydrogens (tertiary/aromatic N) is 1. The molecule has 5 heteroatoms. The van der Waals surface area contributed by atoms with Crippen molar-refractivity contribution in [2.45, 2.75) is 25.9 Å². The smallest absolute Gasteiger partial charge is 0.287 e. The van der Waals surface area contributed by atoms with E-state index in [9.17, 15) is 4.79 Å². The molecule has 21 heavy (non-hydrogen) atoms. The number of hydrogen-bond donors (Lipinski definition) is 2. The molecule has 1 unspecified atom stereocenters. The molecule has 0 fully saturated rings. The van der Waals surface area contributed by atoms with Gasteiger partial charge in [0.25, 0.3) is 5.91 Å². The molecule has 114 valence electrons. The molecule has 5 nitrogen and oxygen atoms in total. The van der Waals surface area contributed by atoms with Crippen molar-refractivity contribution in [1.82, 2.24) is 10.2 Å². The fourth-order valence-electron chi connectivity index (χ4n) is 2.25. The summed E-state index contributed by atoms with van der Waals surface area (Å²) in [5, 5.41) is 3.86. The van der Waals surface area contributed by atoms with Crippen LogP contribution in [-0.2, 0) is 6.54 Å². The van der Waals surface area contributed by atoms with E-state index in [1.165, 1.54) is 0 Å². The van der Waals surface area contributed by atoms with Gasteiger partial charge in [-0.3, -0.25) is 4.79 Å². The molecule has 1 aromatic heterocycles. The van der Waals surface area contributed by atoms with E-state index in [-0.39, 0.29) is 11.9 Å². The Bertz CT molecular complexity index is 617. The predicted molar refractivity (Wildman–Crippen MR) is 84.2 cm³/mol. The summed E-state index contributed by atoms with van der Waals surface area (Å²) in [6.07, 6.45) is 0.745. The zero-order chi connectivity index (χ0) is 15.4. The third-order valence-corrected chi connectivity index (χ3v) is 3.26. The van der Waals surface area contributed by atoms with Crippen molar-refractivity contribution < 1.29 is 9.21 Å². The monoisotopic (exact) mass is 289 g/mol. The molecule has 0 aliphatic heterocycles. The molecule has 1 aromatic carbocycles. The van der Waals surface area contributed by atoms with E-state index in [0.717, 1.165) is 23.0 Å². The lowest BCUT2D eigenvalue weighted by Gasteiger charge is -2.10. The molecule has 2 rings (SSSR count). The first-order valence-corrected chi connectivity index (χ1v) is 7.18. The number of para-hydroxylation sites is 1. The third kappa shape index (κ3) is 3.83. The Hall–Kier alpha value is -1.85. The molecule has 0 saturated heterocycles. The third-order valence-electron chi connectivity index (χ3n) is 3.26. The molecule has 1 heterocycles. The van der Waals surface area contributed by atoms with Gasteiger partial charge in [0.2, 0.25) is 0 Å². The summed E-state index contributed by atoms with van der Waals surface area (Å²) in [5.41, 5.74) is 7.36. The summed E-state index contributed by atoms with van der Waals surface area (Å²) < 4.78 is 5.75. The molecule has 1 amide bonds. The fourth-order valence-corrected chi connectivity index (χ4v) is 2.25. The van der Waals surface area contributed by atoms with Gasteiger partial charge in [0.15, 0.2) is 5.76 Å². The number of hydrogen-bond acceptors (Lipinski definition) is 4. The molecular formula is C16H23N3O2. The Labute approximate surface area is 125 Å². The minimum atomic E-state index is -0.177. The normalized spacial score (nSPS) is 12.8. The second-order valence-corrected chi connectivity index (χ2v) is 5.67. The van der Waals surface area contributed by atoms with Crippen LogP contribution in [0.5, 0.6) is 0 Å². The maximum absolute atomic E-state index is 12.3. The number of fused-ring (bicyclic) bond motifs is 1. The molecule has 0 saturated carbocycles. The topological polar surface area (TPSA) is 71.5 Å². The van der Waals surface area contributed by atoms with Crippen LogP contribution in [0.2, 0.25) is 0 Å². The zero-order valence-corrected chi connectivity index (χ0v) is 12.8. The number of furan rings is 1. The summed E-state index contributed by atoms with van der Waals surface area (Å²) in [7, 11) is 3.94. The first kappa shape index (κ1) is 15.5. The summed E-state index contributed by atoms with van der Waals surface area (Å²) in [6.45, 7) is 3.13. The van der Waals surface area contributed by atoms with E-state index < -0.39 is 0 Å². The second-order valence-electron chi connectivity index (χ2n) is 5.67. The largest absolute Gasteiger partial charge is 0.451 e. The molecular weight excluding hydrogens is 266 g/mol. The van der Waals surface area contributed by atoms with Crippen LogP contribution in [0.25, 0.3) is 11.0 Å². The lowest BCUT2D eigenvalue weighted by Crippen LogP contribution is -2.29. The van der Waals surface area contributed by atoms with E-state index in [0.29, 0.717) is 18.8 Å². The van der Waals surface area contributed by atoms with Crippen molar-refractivity contribution in [3.8, 4) is 0 Å². The number of nitrogens with two attached hydrogens (primary N) is 1. The molecule has 3 N–H and O–H groups in total. The number of carbonyl (C=O) groups excluding carboxylic acids is 1. The van der Waals surface area contributed by atoms with Gasteiger partial charge in [-0.1, -0.05) is 18.2 Å². The first-order valence-electron chi connectivity index (χ1n) is 7.18.